The maximum absolute atomic E-state index is 12.4. The average Bonchev–Trinajstić information content (AvgIpc) is 3.16. The van der Waals surface area contributed by atoms with E-state index in [1.54, 1.807) is 7.11 Å². The van der Waals surface area contributed by atoms with Crippen LogP contribution >= 0.6 is 11.8 Å². The number of nitrogens with zero attached hydrogens (tertiary/aromatic N) is 3. The molecule has 0 spiro atoms. The van der Waals surface area contributed by atoms with Crippen LogP contribution in [0.25, 0.3) is 11.4 Å². The van der Waals surface area contributed by atoms with Crippen LogP contribution in [0.15, 0.2) is 29.4 Å². The third-order valence-corrected chi connectivity index (χ3v) is 7.07. The molecule has 1 amide bonds. The molecule has 1 aromatic carbocycles. The average molecular weight is 431 g/mol. The number of amides is 1. The summed E-state index contributed by atoms with van der Waals surface area (Å²) in [5.74, 6) is 3.04. The number of rotatable bonds is 8. The molecule has 7 heteroatoms. The zero-order valence-electron chi connectivity index (χ0n) is 18.7. The molecule has 3 rings (SSSR count). The molecule has 1 aliphatic carbocycles. The minimum absolute atomic E-state index is 0.0402. The van der Waals surface area contributed by atoms with Crippen molar-refractivity contribution in [3.63, 3.8) is 0 Å². The van der Waals surface area contributed by atoms with Crippen LogP contribution in [-0.2, 0) is 4.79 Å². The van der Waals surface area contributed by atoms with Crippen LogP contribution in [0.5, 0.6) is 5.75 Å². The van der Waals surface area contributed by atoms with Crippen LogP contribution in [0.3, 0.4) is 0 Å². The molecular formula is C23H34N4O2S. The van der Waals surface area contributed by atoms with Gasteiger partial charge in [-0.25, -0.2) is 0 Å². The van der Waals surface area contributed by atoms with Crippen LogP contribution in [0, 0.1) is 11.8 Å². The fourth-order valence-electron chi connectivity index (χ4n) is 3.88. The van der Waals surface area contributed by atoms with Gasteiger partial charge >= 0.3 is 0 Å². The quantitative estimate of drug-likeness (QED) is 0.600. The van der Waals surface area contributed by atoms with Gasteiger partial charge in [0.1, 0.15) is 5.75 Å². The second-order valence-corrected chi connectivity index (χ2v) is 9.57. The Hall–Kier alpha value is -2.02. The lowest BCUT2D eigenvalue weighted by atomic mass is 9.85. The second kappa shape index (κ2) is 10.3. The van der Waals surface area contributed by atoms with Gasteiger partial charge in [-0.05, 0) is 55.9 Å². The highest BCUT2D eigenvalue weighted by Crippen LogP contribution is 2.39. The summed E-state index contributed by atoms with van der Waals surface area (Å²) in [4.78, 5) is 12.4. The molecule has 1 saturated carbocycles. The Bertz CT molecular complexity index is 834. The predicted octanol–water partition coefficient (Wildman–Crippen LogP) is 4.96. The molecule has 164 valence electrons. The van der Waals surface area contributed by atoms with E-state index in [1.807, 2.05) is 31.2 Å². The van der Waals surface area contributed by atoms with Crippen LogP contribution in [0.2, 0.25) is 0 Å². The first-order valence-corrected chi connectivity index (χ1v) is 11.9. The topological polar surface area (TPSA) is 69.0 Å². The van der Waals surface area contributed by atoms with E-state index in [9.17, 15) is 4.79 Å². The fourth-order valence-corrected chi connectivity index (χ4v) is 4.69. The van der Waals surface area contributed by atoms with Crippen molar-refractivity contribution in [2.45, 2.75) is 70.6 Å². The van der Waals surface area contributed by atoms with Crippen molar-refractivity contribution in [1.82, 2.24) is 20.1 Å². The van der Waals surface area contributed by atoms with Crippen LogP contribution in [0.4, 0.5) is 0 Å². The first-order valence-electron chi connectivity index (χ1n) is 10.9. The summed E-state index contributed by atoms with van der Waals surface area (Å²) in [6.45, 7) is 8.58. The summed E-state index contributed by atoms with van der Waals surface area (Å²) in [6.07, 6.45) is 4.81. The number of methoxy groups -OCH3 is 1. The molecule has 1 fully saturated rings. The summed E-state index contributed by atoms with van der Waals surface area (Å²) >= 11 is 1.48. The fraction of sp³-hybridized carbons (Fsp3) is 0.609. The summed E-state index contributed by atoms with van der Waals surface area (Å²) in [5.41, 5.74) is 1.02. The molecule has 2 aromatic rings. The summed E-state index contributed by atoms with van der Waals surface area (Å²) in [7, 11) is 1.67. The SMILES string of the molecule is COc1ccc(-c2nnc(SCC(=O)N[C@@H](C)C(C)C)n2[C@H]2CCCC[C@H]2C)cc1. The maximum atomic E-state index is 12.4. The third kappa shape index (κ3) is 5.36. The van der Waals surface area contributed by atoms with E-state index in [0.717, 1.165) is 28.7 Å². The van der Waals surface area contributed by atoms with Crippen LogP contribution in [0.1, 0.15) is 59.4 Å². The Balaban J connectivity index is 1.85. The van der Waals surface area contributed by atoms with E-state index in [-0.39, 0.29) is 11.9 Å². The third-order valence-electron chi connectivity index (χ3n) is 6.13. The van der Waals surface area contributed by atoms with Gasteiger partial charge < -0.3 is 10.1 Å². The highest BCUT2D eigenvalue weighted by atomic mass is 32.2. The standard InChI is InChI=1S/C23H34N4O2S/c1-15(2)17(4)24-21(28)14-30-23-26-25-22(18-10-12-19(29-5)13-11-18)27(23)20-9-7-6-8-16(20)3/h10-13,15-17,20H,6-9,14H2,1-5H3,(H,24,28)/t16-,17+,20+/m1/s1. The van der Waals surface area contributed by atoms with Gasteiger partial charge in [0.2, 0.25) is 5.91 Å². The Kier molecular flexibility index (Phi) is 7.81. The van der Waals surface area contributed by atoms with Gasteiger partial charge in [0, 0.05) is 17.6 Å². The van der Waals surface area contributed by atoms with E-state index >= 15 is 0 Å². The van der Waals surface area contributed by atoms with E-state index in [1.165, 1.54) is 31.0 Å². The lowest BCUT2D eigenvalue weighted by Gasteiger charge is -2.31. The van der Waals surface area contributed by atoms with E-state index in [4.69, 9.17) is 4.74 Å². The molecule has 1 aromatic heterocycles. The summed E-state index contributed by atoms with van der Waals surface area (Å²) in [6, 6.07) is 8.46. The van der Waals surface area contributed by atoms with Crippen LogP contribution in [-0.4, -0.2) is 39.6 Å². The molecule has 1 N–H and O–H groups in total. The second-order valence-electron chi connectivity index (χ2n) is 8.62. The lowest BCUT2D eigenvalue weighted by molar-refractivity contribution is -0.119. The van der Waals surface area contributed by atoms with E-state index < -0.39 is 0 Å². The zero-order valence-corrected chi connectivity index (χ0v) is 19.5. The van der Waals surface area contributed by atoms with Crippen molar-refractivity contribution in [3.05, 3.63) is 24.3 Å². The molecular weight excluding hydrogens is 396 g/mol. The van der Waals surface area contributed by atoms with Crippen molar-refractivity contribution in [1.29, 1.82) is 0 Å². The van der Waals surface area contributed by atoms with Crippen molar-refractivity contribution in [3.8, 4) is 17.1 Å². The molecule has 6 nitrogen and oxygen atoms in total. The number of carbonyl (C=O) groups is 1. The van der Waals surface area contributed by atoms with Gasteiger partial charge in [-0.3, -0.25) is 9.36 Å². The molecule has 0 unspecified atom stereocenters. The number of aromatic nitrogens is 3. The molecule has 1 aliphatic rings. The monoisotopic (exact) mass is 430 g/mol. The first-order chi connectivity index (χ1) is 14.4. The predicted molar refractivity (Wildman–Crippen MR) is 122 cm³/mol. The van der Waals surface area contributed by atoms with Crippen molar-refractivity contribution >= 4 is 17.7 Å². The molecule has 3 atom stereocenters. The number of benzene rings is 1. The Morgan fingerprint density at radius 3 is 2.53 bits per heavy atom. The van der Waals surface area contributed by atoms with Crippen molar-refractivity contribution < 1.29 is 9.53 Å². The van der Waals surface area contributed by atoms with Gasteiger partial charge in [0.25, 0.3) is 0 Å². The number of ether oxygens (including phenoxy) is 1. The first kappa shape index (κ1) is 22.7. The Morgan fingerprint density at radius 2 is 1.90 bits per heavy atom. The van der Waals surface area contributed by atoms with Gasteiger partial charge in [0.15, 0.2) is 11.0 Å². The zero-order chi connectivity index (χ0) is 21.7. The van der Waals surface area contributed by atoms with Gasteiger partial charge in [-0.2, -0.15) is 0 Å². The van der Waals surface area contributed by atoms with Crippen molar-refractivity contribution in [2.24, 2.45) is 11.8 Å². The highest BCUT2D eigenvalue weighted by molar-refractivity contribution is 7.99. The molecule has 0 aliphatic heterocycles. The maximum Gasteiger partial charge on any atom is 0.230 e. The Labute approximate surface area is 184 Å². The van der Waals surface area contributed by atoms with E-state index in [0.29, 0.717) is 23.6 Å². The molecule has 0 radical (unpaired) electrons. The minimum atomic E-state index is 0.0402. The van der Waals surface area contributed by atoms with E-state index in [2.05, 4.69) is 40.9 Å². The normalized spacial score (nSPS) is 20.2. The molecule has 1 heterocycles. The number of nitrogens with one attached hydrogen (secondary N) is 1. The largest absolute Gasteiger partial charge is 0.497 e. The van der Waals surface area contributed by atoms with Gasteiger partial charge in [-0.1, -0.05) is 45.4 Å². The number of thioether (sulfide) groups is 1. The summed E-state index contributed by atoms with van der Waals surface area (Å²) < 4.78 is 7.57. The van der Waals surface area contributed by atoms with Gasteiger partial charge in [-0.15, -0.1) is 10.2 Å². The highest BCUT2D eigenvalue weighted by Gasteiger charge is 2.29. The van der Waals surface area contributed by atoms with Crippen molar-refractivity contribution in [2.75, 3.05) is 12.9 Å². The molecule has 0 saturated heterocycles. The lowest BCUT2D eigenvalue weighted by Crippen LogP contribution is -2.37. The molecule has 0 bridgehead atoms. The van der Waals surface area contributed by atoms with Crippen LogP contribution < -0.4 is 10.1 Å². The van der Waals surface area contributed by atoms with Gasteiger partial charge in [0.05, 0.1) is 12.9 Å². The smallest absolute Gasteiger partial charge is 0.230 e. The number of hydrogen-bond donors (Lipinski definition) is 1. The summed E-state index contributed by atoms with van der Waals surface area (Å²) in [5, 5.41) is 12.9. The Morgan fingerprint density at radius 1 is 1.20 bits per heavy atom. The molecule has 30 heavy (non-hydrogen) atoms. The number of carbonyl (C=O) groups excluding carboxylic acids is 1. The minimum Gasteiger partial charge on any atom is -0.497 e. The number of hydrogen-bond acceptors (Lipinski definition) is 5.